The number of methoxy groups -OCH3 is 3. The molecule has 142 valence electrons. The first-order valence-corrected chi connectivity index (χ1v) is 7.99. The van der Waals surface area contributed by atoms with Crippen molar-refractivity contribution < 1.29 is 33.6 Å². The van der Waals surface area contributed by atoms with Gasteiger partial charge in [0.2, 0.25) is 0 Å². The molecule has 2 rings (SSSR count). The lowest BCUT2D eigenvalue weighted by atomic mass is 10.1. The Balaban J connectivity index is 2.16. The van der Waals surface area contributed by atoms with Gasteiger partial charge in [-0.1, -0.05) is 18.2 Å². The second kappa shape index (κ2) is 9.28. The van der Waals surface area contributed by atoms with Crippen molar-refractivity contribution in [3.05, 3.63) is 53.6 Å². The highest BCUT2D eigenvalue weighted by molar-refractivity contribution is 5.92. The number of aromatic hydroxyl groups is 1. The summed E-state index contributed by atoms with van der Waals surface area (Å²) in [5, 5.41) is 9.61. The maximum Gasteiger partial charge on any atom is 0.343 e. The molecule has 0 radical (unpaired) electrons. The Bertz CT molecular complexity index is 855. The third-order valence-corrected chi connectivity index (χ3v) is 3.63. The van der Waals surface area contributed by atoms with Gasteiger partial charge >= 0.3 is 11.9 Å². The minimum absolute atomic E-state index is 0.0743. The Morgan fingerprint density at radius 3 is 2.37 bits per heavy atom. The van der Waals surface area contributed by atoms with Crippen LogP contribution < -0.4 is 14.2 Å². The van der Waals surface area contributed by atoms with E-state index in [1.807, 2.05) is 0 Å². The molecule has 0 amide bonds. The summed E-state index contributed by atoms with van der Waals surface area (Å²) in [6.07, 6.45) is 3.54. The molecule has 0 aliphatic rings. The van der Waals surface area contributed by atoms with Crippen molar-refractivity contribution in [2.45, 2.75) is 6.42 Å². The van der Waals surface area contributed by atoms with Crippen LogP contribution in [0.25, 0.3) is 6.08 Å². The molecule has 0 aliphatic carbocycles. The number of carbonyl (C=O) groups excluding carboxylic acids is 2. The van der Waals surface area contributed by atoms with Crippen molar-refractivity contribution in [3.63, 3.8) is 0 Å². The molecule has 0 aliphatic heterocycles. The number of ether oxygens (including phenoxy) is 4. The first-order valence-electron chi connectivity index (χ1n) is 7.99. The van der Waals surface area contributed by atoms with Crippen LogP contribution in [0.15, 0.2) is 42.5 Å². The van der Waals surface area contributed by atoms with Gasteiger partial charge in [0.15, 0.2) is 23.0 Å². The Kier molecular flexibility index (Phi) is 6.82. The van der Waals surface area contributed by atoms with Gasteiger partial charge in [0.25, 0.3) is 0 Å². The Hall–Kier alpha value is -3.48. The van der Waals surface area contributed by atoms with E-state index in [0.717, 1.165) is 5.56 Å². The van der Waals surface area contributed by atoms with Gasteiger partial charge in [0.1, 0.15) is 0 Å². The molecule has 0 bridgehead atoms. The van der Waals surface area contributed by atoms with Crippen LogP contribution in [0.3, 0.4) is 0 Å². The molecule has 7 heteroatoms. The average Bonchev–Trinajstić information content (AvgIpc) is 2.68. The zero-order valence-electron chi connectivity index (χ0n) is 15.2. The van der Waals surface area contributed by atoms with E-state index in [1.165, 1.54) is 39.5 Å². The molecule has 2 aromatic carbocycles. The van der Waals surface area contributed by atoms with E-state index in [4.69, 9.17) is 14.2 Å². The Morgan fingerprint density at radius 2 is 1.70 bits per heavy atom. The second-order valence-corrected chi connectivity index (χ2v) is 5.37. The van der Waals surface area contributed by atoms with E-state index in [9.17, 15) is 14.7 Å². The number of benzene rings is 2. The molecule has 27 heavy (non-hydrogen) atoms. The number of phenols is 1. The predicted octanol–water partition coefficient (Wildman–Crippen LogP) is 3.20. The number of rotatable bonds is 7. The van der Waals surface area contributed by atoms with Crippen molar-refractivity contribution in [2.24, 2.45) is 0 Å². The standard InChI is InChI=1S/C20H20O7/c1-24-17-12-14(8-9-15(17)21)20(23)27-16-10-7-13(11-18(16)25-2)5-4-6-19(22)26-3/h4-5,7-12,21H,6H2,1-3H3/b5-4+. The summed E-state index contributed by atoms with van der Waals surface area (Å²) in [4.78, 5) is 23.5. The van der Waals surface area contributed by atoms with Gasteiger partial charge in [0, 0.05) is 0 Å². The molecular formula is C20H20O7. The zero-order chi connectivity index (χ0) is 19.8. The fourth-order valence-electron chi connectivity index (χ4n) is 2.21. The molecule has 0 spiro atoms. The maximum absolute atomic E-state index is 12.3. The van der Waals surface area contributed by atoms with Crippen LogP contribution in [-0.2, 0) is 9.53 Å². The van der Waals surface area contributed by atoms with E-state index in [0.29, 0.717) is 5.75 Å². The van der Waals surface area contributed by atoms with Crippen molar-refractivity contribution in [1.82, 2.24) is 0 Å². The third kappa shape index (κ3) is 5.24. The number of phenolic OH excluding ortho intramolecular Hbond substituents is 1. The van der Waals surface area contributed by atoms with E-state index in [2.05, 4.69) is 4.74 Å². The lowest BCUT2D eigenvalue weighted by Gasteiger charge is -2.11. The van der Waals surface area contributed by atoms with E-state index < -0.39 is 5.97 Å². The number of hydrogen-bond donors (Lipinski definition) is 1. The van der Waals surface area contributed by atoms with Crippen LogP contribution in [0.2, 0.25) is 0 Å². The predicted molar refractivity (Wildman–Crippen MR) is 98.3 cm³/mol. The van der Waals surface area contributed by atoms with Gasteiger partial charge in [-0.15, -0.1) is 0 Å². The van der Waals surface area contributed by atoms with Crippen LogP contribution in [0.5, 0.6) is 23.0 Å². The average molecular weight is 372 g/mol. The minimum atomic E-state index is -0.624. The van der Waals surface area contributed by atoms with Gasteiger partial charge in [0.05, 0.1) is 33.3 Å². The van der Waals surface area contributed by atoms with Crippen molar-refractivity contribution in [2.75, 3.05) is 21.3 Å². The summed E-state index contributed by atoms with van der Waals surface area (Å²) in [5.74, 6) is -0.278. The summed E-state index contributed by atoms with van der Waals surface area (Å²) >= 11 is 0. The van der Waals surface area contributed by atoms with Crippen LogP contribution in [0.4, 0.5) is 0 Å². The normalized spacial score (nSPS) is 10.5. The summed E-state index contributed by atoms with van der Waals surface area (Å²) < 4.78 is 20.2. The number of carbonyl (C=O) groups is 2. The third-order valence-electron chi connectivity index (χ3n) is 3.63. The van der Waals surface area contributed by atoms with E-state index in [1.54, 1.807) is 30.4 Å². The highest BCUT2D eigenvalue weighted by atomic mass is 16.6. The van der Waals surface area contributed by atoms with Gasteiger partial charge in [-0.2, -0.15) is 0 Å². The number of esters is 2. The van der Waals surface area contributed by atoms with Crippen LogP contribution in [0, 0.1) is 0 Å². The monoisotopic (exact) mass is 372 g/mol. The van der Waals surface area contributed by atoms with Gasteiger partial charge < -0.3 is 24.1 Å². The van der Waals surface area contributed by atoms with Crippen molar-refractivity contribution in [3.8, 4) is 23.0 Å². The van der Waals surface area contributed by atoms with Crippen LogP contribution >= 0.6 is 0 Å². The molecule has 0 fully saturated rings. The van der Waals surface area contributed by atoms with E-state index >= 15 is 0 Å². The largest absolute Gasteiger partial charge is 0.504 e. The smallest absolute Gasteiger partial charge is 0.343 e. The molecule has 0 aromatic heterocycles. The fraction of sp³-hybridized carbons (Fsp3) is 0.200. The molecule has 0 atom stereocenters. The quantitative estimate of drug-likeness (QED) is 0.589. The van der Waals surface area contributed by atoms with Crippen LogP contribution in [0.1, 0.15) is 22.3 Å². The summed E-state index contributed by atoms with van der Waals surface area (Å²) in [5.41, 5.74) is 0.982. The lowest BCUT2D eigenvalue weighted by Crippen LogP contribution is -2.09. The van der Waals surface area contributed by atoms with E-state index in [-0.39, 0.29) is 35.2 Å². The maximum atomic E-state index is 12.3. The molecule has 0 heterocycles. The molecule has 7 nitrogen and oxygen atoms in total. The van der Waals surface area contributed by atoms with Gasteiger partial charge in [-0.3, -0.25) is 4.79 Å². The Labute approximate surface area is 156 Å². The SMILES string of the molecule is COC(=O)C/C=C/c1ccc(OC(=O)c2ccc(O)c(OC)c2)c(OC)c1. The van der Waals surface area contributed by atoms with Gasteiger partial charge in [-0.25, -0.2) is 4.79 Å². The minimum Gasteiger partial charge on any atom is -0.504 e. The summed E-state index contributed by atoms with van der Waals surface area (Å²) in [6, 6.07) is 9.14. The van der Waals surface area contributed by atoms with Crippen LogP contribution in [-0.4, -0.2) is 38.4 Å². The number of hydrogen-bond acceptors (Lipinski definition) is 7. The topological polar surface area (TPSA) is 91.3 Å². The zero-order valence-corrected chi connectivity index (χ0v) is 15.2. The second-order valence-electron chi connectivity index (χ2n) is 5.37. The summed E-state index contributed by atoms with van der Waals surface area (Å²) in [7, 11) is 4.17. The molecular weight excluding hydrogens is 352 g/mol. The van der Waals surface area contributed by atoms with Crippen molar-refractivity contribution >= 4 is 18.0 Å². The molecule has 0 saturated carbocycles. The van der Waals surface area contributed by atoms with Gasteiger partial charge in [-0.05, 0) is 35.9 Å². The van der Waals surface area contributed by atoms with Crippen molar-refractivity contribution in [1.29, 1.82) is 0 Å². The highest BCUT2D eigenvalue weighted by Gasteiger charge is 2.15. The highest BCUT2D eigenvalue weighted by Crippen LogP contribution is 2.31. The lowest BCUT2D eigenvalue weighted by molar-refractivity contribution is -0.139. The summed E-state index contributed by atoms with van der Waals surface area (Å²) in [6.45, 7) is 0. The molecule has 1 N–H and O–H groups in total. The molecule has 2 aromatic rings. The fourth-order valence-corrected chi connectivity index (χ4v) is 2.21. The first-order chi connectivity index (χ1) is 13.0. The molecule has 0 unspecified atom stereocenters. The molecule has 0 saturated heterocycles. The Morgan fingerprint density at radius 1 is 0.963 bits per heavy atom. The first kappa shape index (κ1) is 19.8.